The summed E-state index contributed by atoms with van der Waals surface area (Å²) in [6.45, 7) is 9.29. The molecule has 2 fully saturated rings. The number of halogens is 2. The van der Waals surface area contributed by atoms with Gasteiger partial charge < -0.3 is 19.3 Å². The number of carbonyl (C=O) groups is 1. The van der Waals surface area contributed by atoms with Crippen molar-refractivity contribution in [2.75, 3.05) is 24.6 Å². The van der Waals surface area contributed by atoms with Gasteiger partial charge >= 0.3 is 6.09 Å². The summed E-state index contributed by atoms with van der Waals surface area (Å²) < 4.78 is 38.7. The van der Waals surface area contributed by atoms with Crippen LogP contribution in [0.15, 0.2) is 6.07 Å². The first-order valence-electron chi connectivity index (χ1n) is 10.8. The quantitative estimate of drug-likeness (QED) is 0.706. The van der Waals surface area contributed by atoms with E-state index in [4.69, 9.17) is 9.47 Å². The molecule has 1 amide bonds. The Balaban J connectivity index is 1.52. The van der Waals surface area contributed by atoms with Gasteiger partial charge in [0.15, 0.2) is 0 Å². The summed E-state index contributed by atoms with van der Waals surface area (Å²) in [7, 11) is 0. The Morgan fingerprint density at radius 3 is 2.67 bits per heavy atom. The van der Waals surface area contributed by atoms with E-state index in [1.807, 2.05) is 33.8 Å². The molecular weight excluding hydrogens is 392 g/mol. The Morgan fingerprint density at radius 2 is 2.03 bits per heavy atom. The van der Waals surface area contributed by atoms with E-state index in [9.17, 15) is 13.6 Å². The van der Waals surface area contributed by atoms with Crippen LogP contribution in [0, 0.1) is 5.92 Å². The molecule has 2 aliphatic heterocycles. The van der Waals surface area contributed by atoms with Crippen LogP contribution in [0.2, 0.25) is 0 Å². The van der Waals surface area contributed by atoms with E-state index in [0.29, 0.717) is 43.4 Å². The van der Waals surface area contributed by atoms with Crippen molar-refractivity contribution in [1.82, 2.24) is 9.88 Å². The second kappa shape index (κ2) is 7.94. The van der Waals surface area contributed by atoms with Gasteiger partial charge in [-0.2, -0.15) is 0 Å². The molecule has 1 saturated carbocycles. The summed E-state index contributed by atoms with van der Waals surface area (Å²) in [5.41, 5.74) is 0.680. The van der Waals surface area contributed by atoms with Gasteiger partial charge in [0, 0.05) is 31.3 Å². The fourth-order valence-electron chi connectivity index (χ4n) is 4.36. The summed E-state index contributed by atoms with van der Waals surface area (Å²) in [5, 5.41) is 0. The lowest BCUT2D eigenvalue weighted by Gasteiger charge is -2.43. The summed E-state index contributed by atoms with van der Waals surface area (Å²) in [6, 6.07) is 1.81. The second-order valence-corrected chi connectivity index (χ2v) is 9.77. The van der Waals surface area contributed by atoms with Gasteiger partial charge in [-0.1, -0.05) is 0 Å². The number of hydrogen-bond acceptors (Lipinski definition) is 5. The molecule has 0 bridgehead atoms. The molecule has 2 atom stereocenters. The Kier molecular flexibility index (Phi) is 5.64. The van der Waals surface area contributed by atoms with Crippen LogP contribution in [0.5, 0.6) is 0 Å². The van der Waals surface area contributed by atoms with Gasteiger partial charge in [0.1, 0.15) is 17.1 Å². The van der Waals surface area contributed by atoms with Gasteiger partial charge in [-0.15, -0.1) is 0 Å². The maximum atomic E-state index is 13.7. The van der Waals surface area contributed by atoms with Crippen LogP contribution in [-0.4, -0.2) is 53.4 Å². The number of nitrogens with zero attached hydrogens (tertiary/aromatic N) is 3. The molecule has 1 aliphatic carbocycles. The Bertz CT molecular complexity index is 808. The zero-order chi connectivity index (χ0) is 21.6. The molecule has 3 aliphatic rings. The third kappa shape index (κ3) is 4.53. The van der Waals surface area contributed by atoms with Crippen molar-refractivity contribution in [1.29, 1.82) is 0 Å². The first kappa shape index (κ1) is 21.3. The maximum Gasteiger partial charge on any atom is 0.410 e. The predicted molar refractivity (Wildman–Crippen MR) is 109 cm³/mol. The molecule has 0 spiro atoms. The van der Waals surface area contributed by atoms with Crippen LogP contribution in [0.3, 0.4) is 0 Å². The van der Waals surface area contributed by atoms with E-state index in [1.54, 1.807) is 4.90 Å². The van der Waals surface area contributed by atoms with Crippen LogP contribution in [0.25, 0.3) is 0 Å². The van der Waals surface area contributed by atoms with E-state index < -0.39 is 12.0 Å². The number of aromatic nitrogens is 1. The first-order chi connectivity index (χ1) is 14.1. The number of fused-ring (bicyclic) bond motifs is 3. The second-order valence-electron chi connectivity index (χ2n) is 9.77. The molecule has 0 aromatic carbocycles. The van der Waals surface area contributed by atoms with Crippen molar-refractivity contribution in [3.05, 3.63) is 22.9 Å². The zero-order valence-electron chi connectivity index (χ0n) is 18.2. The van der Waals surface area contributed by atoms with Crippen LogP contribution in [0.4, 0.5) is 19.4 Å². The fraction of sp³-hybridized carbons (Fsp3) is 0.727. The average Bonchev–Trinajstić information content (AvgIpc) is 3.38. The molecule has 166 valence electrons. The molecule has 1 aromatic rings. The summed E-state index contributed by atoms with van der Waals surface area (Å²) in [4.78, 5) is 20.8. The van der Waals surface area contributed by atoms with E-state index in [0.717, 1.165) is 18.4 Å². The molecule has 0 radical (unpaired) electrons. The van der Waals surface area contributed by atoms with E-state index in [2.05, 4.69) is 9.88 Å². The third-order valence-corrected chi connectivity index (χ3v) is 5.84. The number of pyridine rings is 1. The lowest BCUT2D eigenvalue weighted by Crippen LogP contribution is -2.58. The number of hydrogen-bond donors (Lipinski definition) is 0. The van der Waals surface area contributed by atoms with Crippen LogP contribution in [0.1, 0.15) is 63.8 Å². The van der Waals surface area contributed by atoms with Crippen molar-refractivity contribution in [2.45, 2.75) is 77.7 Å². The number of piperazine rings is 1. The number of rotatable bonds is 5. The molecule has 8 heteroatoms. The van der Waals surface area contributed by atoms with Gasteiger partial charge in [0.25, 0.3) is 6.43 Å². The molecule has 30 heavy (non-hydrogen) atoms. The van der Waals surface area contributed by atoms with Gasteiger partial charge in [-0.3, -0.25) is 0 Å². The molecule has 6 nitrogen and oxygen atoms in total. The number of anilines is 1. The lowest BCUT2D eigenvalue weighted by atomic mass is 10.1. The lowest BCUT2D eigenvalue weighted by molar-refractivity contribution is 0.0191. The van der Waals surface area contributed by atoms with Crippen molar-refractivity contribution in [3.63, 3.8) is 0 Å². The van der Waals surface area contributed by atoms with E-state index >= 15 is 0 Å². The minimum absolute atomic E-state index is 0.0110. The SMILES string of the molecule is C[C@@H]1CN(C(=O)OC(C)(C)C)C[C@H]2Cc3cc(COCC4CC4)c(C(F)F)nc3N21. The van der Waals surface area contributed by atoms with Crippen molar-refractivity contribution in [2.24, 2.45) is 5.92 Å². The fourth-order valence-corrected chi connectivity index (χ4v) is 4.36. The normalized spacial score (nSPS) is 23.6. The molecule has 1 aromatic heterocycles. The first-order valence-corrected chi connectivity index (χ1v) is 10.8. The monoisotopic (exact) mass is 423 g/mol. The Labute approximate surface area is 176 Å². The van der Waals surface area contributed by atoms with Gasteiger partial charge in [0.05, 0.1) is 12.6 Å². The van der Waals surface area contributed by atoms with E-state index in [-0.39, 0.29) is 30.5 Å². The van der Waals surface area contributed by atoms with Gasteiger partial charge in [0.2, 0.25) is 0 Å². The van der Waals surface area contributed by atoms with Crippen molar-refractivity contribution < 1.29 is 23.0 Å². The number of ether oxygens (including phenoxy) is 2. The predicted octanol–water partition coefficient (Wildman–Crippen LogP) is 4.32. The molecule has 0 unspecified atom stereocenters. The van der Waals surface area contributed by atoms with Gasteiger partial charge in [-0.05, 0) is 64.5 Å². The van der Waals surface area contributed by atoms with Crippen LogP contribution < -0.4 is 4.90 Å². The van der Waals surface area contributed by atoms with Gasteiger partial charge in [-0.25, -0.2) is 18.6 Å². The molecule has 4 rings (SSSR count). The third-order valence-electron chi connectivity index (χ3n) is 5.84. The molecule has 3 heterocycles. The number of alkyl halides is 2. The smallest absolute Gasteiger partial charge is 0.410 e. The number of carbonyl (C=O) groups excluding carboxylic acids is 1. The summed E-state index contributed by atoms with van der Waals surface area (Å²) in [6.07, 6.45) is 0.0117. The maximum absolute atomic E-state index is 13.7. The highest BCUT2D eigenvalue weighted by atomic mass is 19.3. The van der Waals surface area contributed by atoms with E-state index in [1.165, 1.54) is 0 Å². The molecular formula is C22H31F2N3O3. The van der Waals surface area contributed by atoms with Crippen LogP contribution in [-0.2, 0) is 22.5 Å². The summed E-state index contributed by atoms with van der Waals surface area (Å²) in [5.74, 6) is 1.20. The standard InChI is InChI=1S/C22H31F2N3O3/c1-13-9-26(21(28)30-22(2,3)4)10-17-8-15-7-16(12-29-11-14-5-6-14)18(19(23)24)25-20(15)27(13)17/h7,13-14,17,19H,5-6,8-12H2,1-4H3/t13-,17-/m1/s1. The summed E-state index contributed by atoms with van der Waals surface area (Å²) >= 11 is 0. The highest BCUT2D eigenvalue weighted by Gasteiger charge is 2.42. The minimum Gasteiger partial charge on any atom is -0.444 e. The average molecular weight is 424 g/mol. The zero-order valence-corrected chi connectivity index (χ0v) is 18.2. The molecule has 1 saturated heterocycles. The minimum atomic E-state index is -2.65. The van der Waals surface area contributed by atoms with Crippen molar-refractivity contribution >= 4 is 11.9 Å². The van der Waals surface area contributed by atoms with Crippen molar-refractivity contribution in [3.8, 4) is 0 Å². The number of amides is 1. The highest BCUT2D eigenvalue weighted by molar-refractivity contribution is 5.69. The Morgan fingerprint density at radius 1 is 1.30 bits per heavy atom. The molecule has 0 N–H and O–H groups in total. The van der Waals surface area contributed by atoms with Crippen LogP contribution >= 0.6 is 0 Å². The topological polar surface area (TPSA) is 54.9 Å². The Hall–Kier alpha value is -1.96. The highest BCUT2D eigenvalue weighted by Crippen LogP contribution is 2.38. The largest absolute Gasteiger partial charge is 0.444 e.